The van der Waals surface area contributed by atoms with E-state index in [-0.39, 0.29) is 42.8 Å². The number of carbonyl (C=O) groups is 3. The molecule has 1 aliphatic carbocycles. The van der Waals surface area contributed by atoms with Crippen LogP contribution in [0.3, 0.4) is 0 Å². The van der Waals surface area contributed by atoms with Gasteiger partial charge in [0.25, 0.3) is 5.91 Å². The monoisotopic (exact) mass is 494 g/mol. The molecule has 9 nitrogen and oxygen atoms in total. The van der Waals surface area contributed by atoms with E-state index in [1.807, 2.05) is 37.3 Å². The number of rotatable bonds is 7. The number of para-hydroxylation sites is 1. The molecular formula is C27H34N4O5. The molecule has 1 saturated carbocycles. The molecule has 36 heavy (non-hydrogen) atoms. The minimum absolute atomic E-state index is 0.0349. The van der Waals surface area contributed by atoms with Crippen molar-refractivity contribution in [3.63, 3.8) is 0 Å². The summed E-state index contributed by atoms with van der Waals surface area (Å²) in [5.41, 5.74) is 1.54. The molecule has 1 heterocycles. The zero-order chi connectivity index (χ0) is 25.8. The normalized spacial score (nSPS) is 20.3. The number of hydrogen-bond acceptors (Lipinski definition) is 5. The van der Waals surface area contributed by atoms with Gasteiger partial charge in [-0.15, -0.1) is 0 Å². The molecule has 1 fully saturated rings. The lowest BCUT2D eigenvalue weighted by atomic mass is 9.99. The number of carbonyl (C=O) groups excluding carboxylic acids is 3. The van der Waals surface area contributed by atoms with E-state index in [0.29, 0.717) is 29.2 Å². The lowest BCUT2D eigenvalue weighted by Gasteiger charge is -2.38. The fourth-order valence-electron chi connectivity index (χ4n) is 4.20. The van der Waals surface area contributed by atoms with E-state index in [4.69, 9.17) is 4.74 Å². The Hall–Kier alpha value is -3.59. The second-order valence-corrected chi connectivity index (χ2v) is 9.77. The molecule has 3 atom stereocenters. The highest BCUT2D eigenvalue weighted by Gasteiger charge is 2.35. The molecule has 2 aromatic carbocycles. The molecule has 192 valence electrons. The summed E-state index contributed by atoms with van der Waals surface area (Å²) in [5.74, 6) is -0.0280. The Kier molecular flexibility index (Phi) is 7.79. The second-order valence-electron chi connectivity index (χ2n) is 9.77. The highest BCUT2D eigenvalue weighted by molar-refractivity contribution is 6.00. The summed E-state index contributed by atoms with van der Waals surface area (Å²) in [5, 5.41) is 15.6. The van der Waals surface area contributed by atoms with Crippen LogP contribution in [-0.2, 0) is 4.79 Å². The highest BCUT2D eigenvalue weighted by atomic mass is 16.5. The molecular weight excluding hydrogens is 460 g/mol. The first kappa shape index (κ1) is 25.5. The third-order valence-electron chi connectivity index (χ3n) is 6.71. The summed E-state index contributed by atoms with van der Waals surface area (Å²) in [7, 11) is 1.70. The molecule has 0 aromatic heterocycles. The Morgan fingerprint density at radius 1 is 1.14 bits per heavy atom. The van der Waals surface area contributed by atoms with E-state index >= 15 is 0 Å². The smallest absolute Gasteiger partial charge is 0.321 e. The highest BCUT2D eigenvalue weighted by Crippen LogP contribution is 2.33. The number of aliphatic hydroxyl groups excluding tert-OH is 1. The van der Waals surface area contributed by atoms with E-state index < -0.39 is 12.1 Å². The first-order valence-electron chi connectivity index (χ1n) is 12.4. The summed E-state index contributed by atoms with van der Waals surface area (Å²) < 4.78 is 6.33. The van der Waals surface area contributed by atoms with Gasteiger partial charge in [-0.2, -0.15) is 0 Å². The van der Waals surface area contributed by atoms with Gasteiger partial charge in [0.15, 0.2) is 0 Å². The molecule has 0 bridgehead atoms. The van der Waals surface area contributed by atoms with Crippen LogP contribution < -0.4 is 15.4 Å². The molecule has 0 spiro atoms. The Morgan fingerprint density at radius 2 is 1.86 bits per heavy atom. The van der Waals surface area contributed by atoms with Gasteiger partial charge in [-0.3, -0.25) is 9.59 Å². The lowest BCUT2D eigenvalue weighted by Crippen LogP contribution is -2.50. The number of nitrogens with one attached hydrogen (secondary N) is 2. The number of anilines is 2. The van der Waals surface area contributed by atoms with E-state index in [9.17, 15) is 19.5 Å². The van der Waals surface area contributed by atoms with E-state index in [2.05, 4.69) is 10.6 Å². The van der Waals surface area contributed by atoms with Gasteiger partial charge >= 0.3 is 6.03 Å². The van der Waals surface area contributed by atoms with Gasteiger partial charge in [0.05, 0.1) is 24.8 Å². The summed E-state index contributed by atoms with van der Waals surface area (Å²) in [6.45, 7) is 4.20. The maximum atomic E-state index is 13.5. The Morgan fingerprint density at radius 3 is 2.53 bits per heavy atom. The predicted molar refractivity (Wildman–Crippen MR) is 137 cm³/mol. The zero-order valence-electron chi connectivity index (χ0n) is 20.9. The third kappa shape index (κ3) is 5.96. The van der Waals surface area contributed by atoms with Crippen molar-refractivity contribution in [3.05, 3.63) is 54.1 Å². The summed E-state index contributed by atoms with van der Waals surface area (Å²) >= 11 is 0. The van der Waals surface area contributed by atoms with Crippen LogP contribution in [0.4, 0.5) is 16.2 Å². The summed E-state index contributed by atoms with van der Waals surface area (Å²) in [6.07, 6.45) is 1.35. The first-order chi connectivity index (χ1) is 17.3. The van der Waals surface area contributed by atoms with Gasteiger partial charge in [-0.25, -0.2) is 4.79 Å². The van der Waals surface area contributed by atoms with E-state index in [1.165, 1.54) is 0 Å². The van der Waals surface area contributed by atoms with Crippen molar-refractivity contribution in [3.8, 4) is 5.75 Å². The number of aliphatic hydroxyl groups is 1. The molecule has 9 heteroatoms. The fraction of sp³-hybridized carbons (Fsp3) is 0.444. The molecule has 1 aliphatic heterocycles. The maximum absolute atomic E-state index is 13.5. The third-order valence-corrected chi connectivity index (χ3v) is 6.71. The van der Waals surface area contributed by atoms with Crippen LogP contribution in [0.5, 0.6) is 5.75 Å². The number of urea groups is 1. The number of ether oxygens (including phenoxy) is 1. The van der Waals surface area contributed by atoms with Gasteiger partial charge in [-0.05, 0) is 50.1 Å². The van der Waals surface area contributed by atoms with Gasteiger partial charge in [0, 0.05) is 36.8 Å². The van der Waals surface area contributed by atoms with Crippen LogP contribution in [0.2, 0.25) is 0 Å². The molecule has 2 aliphatic rings. The average Bonchev–Trinajstić information content (AvgIpc) is 3.72. The standard InChI is InChI=1S/C27H34N4O5/c1-17-14-31(18(2)16-32)26(34)22-13-21(28-25(33)19-9-10-19)11-12-23(22)36-24(17)15-30(3)27(35)29-20-7-5-4-6-8-20/h4-8,11-13,17-19,24,32H,9-10,14-16H2,1-3H3,(H,28,33)(H,29,35)/t17-,18+,24-/m0/s1. The molecule has 4 amide bonds. The Bertz CT molecular complexity index is 1100. The SMILES string of the molecule is C[C@H](CO)N1C[C@H](C)[C@H](CN(C)C(=O)Nc2ccccc2)Oc2ccc(NC(=O)C3CC3)cc2C1=O. The zero-order valence-corrected chi connectivity index (χ0v) is 20.9. The maximum Gasteiger partial charge on any atom is 0.321 e. The molecule has 4 rings (SSSR count). The van der Waals surface area contributed by atoms with Gasteiger partial charge < -0.3 is 30.3 Å². The average molecular weight is 495 g/mol. The number of likely N-dealkylation sites (N-methyl/N-ethyl adjacent to an activating group) is 1. The van der Waals surface area contributed by atoms with Gasteiger partial charge in [0.2, 0.25) is 5.91 Å². The molecule has 0 radical (unpaired) electrons. The number of amides is 4. The van der Waals surface area contributed by atoms with Crippen molar-refractivity contribution in [2.24, 2.45) is 11.8 Å². The first-order valence-corrected chi connectivity index (χ1v) is 12.4. The second kappa shape index (κ2) is 11.0. The fourth-order valence-corrected chi connectivity index (χ4v) is 4.20. The summed E-state index contributed by atoms with van der Waals surface area (Å²) in [4.78, 5) is 41.8. The van der Waals surface area contributed by atoms with Crippen LogP contribution in [0.15, 0.2) is 48.5 Å². The Labute approximate surface area is 211 Å². The van der Waals surface area contributed by atoms with Crippen molar-refractivity contribution < 1.29 is 24.2 Å². The van der Waals surface area contributed by atoms with Crippen molar-refractivity contribution in [2.75, 3.05) is 37.4 Å². The Balaban J connectivity index is 1.57. The molecule has 0 saturated heterocycles. The summed E-state index contributed by atoms with van der Waals surface area (Å²) in [6, 6.07) is 13.6. The van der Waals surface area contributed by atoms with Gasteiger partial charge in [0.1, 0.15) is 11.9 Å². The molecule has 2 aromatic rings. The van der Waals surface area contributed by atoms with E-state index in [0.717, 1.165) is 12.8 Å². The largest absolute Gasteiger partial charge is 0.487 e. The van der Waals surface area contributed by atoms with Gasteiger partial charge in [-0.1, -0.05) is 25.1 Å². The van der Waals surface area contributed by atoms with Crippen molar-refractivity contribution in [2.45, 2.75) is 38.8 Å². The van der Waals surface area contributed by atoms with Crippen molar-refractivity contribution in [1.82, 2.24) is 9.80 Å². The lowest BCUT2D eigenvalue weighted by molar-refractivity contribution is -0.117. The van der Waals surface area contributed by atoms with Crippen LogP contribution in [-0.4, -0.2) is 71.6 Å². The van der Waals surface area contributed by atoms with E-state index in [1.54, 1.807) is 42.0 Å². The molecule has 0 unspecified atom stereocenters. The number of fused-ring (bicyclic) bond motifs is 1. The minimum atomic E-state index is -0.413. The number of nitrogens with zero attached hydrogens (tertiary/aromatic N) is 2. The van der Waals surface area contributed by atoms with Crippen molar-refractivity contribution in [1.29, 1.82) is 0 Å². The van der Waals surface area contributed by atoms with Crippen LogP contribution in [0.1, 0.15) is 37.0 Å². The van der Waals surface area contributed by atoms with Crippen LogP contribution in [0, 0.1) is 11.8 Å². The quantitative estimate of drug-likeness (QED) is 0.546. The number of benzene rings is 2. The van der Waals surface area contributed by atoms with Crippen LogP contribution in [0.25, 0.3) is 0 Å². The predicted octanol–water partition coefficient (Wildman–Crippen LogP) is 3.42. The topological polar surface area (TPSA) is 111 Å². The molecule has 3 N–H and O–H groups in total. The van der Waals surface area contributed by atoms with Crippen LogP contribution >= 0.6 is 0 Å². The number of hydrogen-bond donors (Lipinski definition) is 3. The van der Waals surface area contributed by atoms with Crippen molar-refractivity contribution >= 4 is 29.2 Å². The minimum Gasteiger partial charge on any atom is -0.487 e.